The predicted molar refractivity (Wildman–Crippen MR) is 123 cm³/mol. The number of hydrazine groups is 1. The lowest BCUT2D eigenvalue weighted by atomic mass is 10.0. The highest BCUT2D eigenvalue weighted by Crippen LogP contribution is 2.15. The van der Waals surface area contributed by atoms with Gasteiger partial charge >= 0.3 is 6.09 Å². The molecule has 0 bridgehead atoms. The Hall–Kier alpha value is -2.32. The summed E-state index contributed by atoms with van der Waals surface area (Å²) in [5, 5.41) is 10.3. The SMILES string of the molecule is CCCCCC(CNO)C(=O)NN(CCc1ccc(N(C)C)cc1)C(=O)OC(C)(C)C. The van der Waals surface area contributed by atoms with Crippen LogP contribution in [0.2, 0.25) is 0 Å². The fourth-order valence-corrected chi connectivity index (χ4v) is 3.01. The van der Waals surface area contributed by atoms with Crippen molar-refractivity contribution in [2.75, 3.05) is 32.1 Å². The first-order valence-electron chi connectivity index (χ1n) is 11.0. The zero-order chi connectivity index (χ0) is 23.4. The van der Waals surface area contributed by atoms with Crippen molar-refractivity contribution >= 4 is 17.7 Å². The Morgan fingerprint density at radius 1 is 1.13 bits per heavy atom. The van der Waals surface area contributed by atoms with Crippen molar-refractivity contribution in [1.29, 1.82) is 0 Å². The van der Waals surface area contributed by atoms with Crippen LogP contribution in [0.1, 0.15) is 58.9 Å². The maximum absolute atomic E-state index is 12.8. The van der Waals surface area contributed by atoms with Crippen LogP contribution in [0.5, 0.6) is 0 Å². The molecule has 31 heavy (non-hydrogen) atoms. The highest BCUT2D eigenvalue weighted by Gasteiger charge is 2.26. The molecule has 0 aliphatic heterocycles. The number of hydroxylamine groups is 1. The molecular formula is C23H40N4O4. The molecule has 1 atom stereocenters. The first-order chi connectivity index (χ1) is 14.6. The molecule has 3 N–H and O–H groups in total. The second-order valence-electron chi connectivity index (χ2n) is 8.97. The Morgan fingerprint density at radius 3 is 2.29 bits per heavy atom. The fourth-order valence-electron chi connectivity index (χ4n) is 3.01. The molecule has 1 aromatic carbocycles. The maximum Gasteiger partial charge on any atom is 0.429 e. The fraction of sp³-hybridized carbons (Fsp3) is 0.652. The van der Waals surface area contributed by atoms with E-state index >= 15 is 0 Å². The third-order valence-electron chi connectivity index (χ3n) is 4.80. The van der Waals surface area contributed by atoms with E-state index in [0.717, 1.165) is 30.5 Å². The molecule has 1 unspecified atom stereocenters. The van der Waals surface area contributed by atoms with Crippen molar-refractivity contribution in [2.24, 2.45) is 5.92 Å². The Morgan fingerprint density at radius 2 is 1.77 bits per heavy atom. The van der Waals surface area contributed by atoms with Crippen LogP contribution < -0.4 is 15.8 Å². The Labute approximate surface area is 186 Å². The number of ether oxygens (including phenoxy) is 1. The van der Waals surface area contributed by atoms with E-state index in [0.29, 0.717) is 12.8 Å². The van der Waals surface area contributed by atoms with E-state index in [1.807, 2.05) is 43.3 Å². The summed E-state index contributed by atoms with van der Waals surface area (Å²) < 4.78 is 5.48. The van der Waals surface area contributed by atoms with Gasteiger partial charge in [0.15, 0.2) is 0 Å². The number of rotatable bonds is 11. The molecule has 0 saturated heterocycles. The van der Waals surface area contributed by atoms with Gasteiger partial charge in [-0.3, -0.25) is 10.2 Å². The molecule has 0 spiro atoms. The van der Waals surface area contributed by atoms with E-state index in [2.05, 4.69) is 17.8 Å². The lowest BCUT2D eigenvalue weighted by molar-refractivity contribution is -0.130. The number of hydrogen-bond acceptors (Lipinski definition) is 6. The Balaban J connectivity index is 2.86. The van der Waals surface area contributed by atoms with Gasteiger partial charge in [-0.25, -0.2) is 15.3 Å². The van der Waals surface area contributed by atoms with Crippen molar-refractivity contribution in [2.45, 2.75) is 65.4 Å². The molecule has 0 aromatic heterocycles. The van der Waals surface area contributed by atoms with Crippen molar-refractivity contribution in [3.8, 4) is 0 Å². The van der Waals surface area contributed by atoms with Gasteiger partial charge in [0.25, 0.3) is 0 Å². The molecule has 8 nitrogen and oxygen atoms in total. The van der Waals surface area contributed by atoms with Crippen LogP contribution in [-0.2, 0) is 16.0 Å². The van der Waals surface area contributed by atoms with Gasteiger partial charge in [0.2, 0.25) is 5.91 Å². The van der Waals surface area contributed by atoms with Gasteiger partial charge < -0.3 is 14.8 Å². The molecule has 0 radical (unpaired) electrons. The van der Waals surface area contributed by atoms with Crippen molar-refractivity contribution < 1.29 is 19.5 Å². The van der Waals surface area contributed by atoms with Crippen LogP contribution in [0.25, 0.3) is 0 Å². The predicted octanol–water partition coefficient (Wildman–Crippen LogP) is 3.74. The zero-order valence-electron chi connectivity index (χ0n) is 19.9. The molecule has 0 heterocycles. The number of carbonyl (C=O) groups excluding carboxylic acids is 2. The van der Waals surface area contributed by atoms with Gasteiger partial charge in [-0.05, 0) is 51.3 Å². The molecule has 1 rings (SSSR count). The molecule has 0 aliphatic rings. The number of unbranched alkanes of at least 4 members (excludes halogenated alkanes) is 2. The van der Waals surface area contributed by atoms with Crippen molar-refractivity contribution in [1.82, 2.24) is 15.9 Å². The van der Waals surface area contributed by atoms with E-state index in [1.54, 1.807) is 20.8 Å². The molecule has 2 amide bonds. The lowest BCUT2D eigenvalue weighted by Gasteiger charge is -2.29. The molecule has 0 aliphatic carbocycles. The van der Waals surface area contributed by atoms with Crippen LogP contribution in [0.15, 0.2) is 24.3 Å². The minimum Gasteiger partial charge on any atom is -0.442 e. The quantitative estimate of drug-likeness (QED) is 0.361. The normalized spacial score (nSPS) is 12.2. The number of nitrogens with zero attached hydrogens (tertiary/aromatic N) is 2. The maximum atomic E-state index is 12.8. The third kappa shape index (κ3) is 10.5. The minimum absolute atomic E-state index is 0.129. The molecule has 0 saturated carbocycles. The summed E-state index contributed by atoms with van der Waals surface area (Å²) in [5.74, 6) is -0.757. The van der Waals surface area contributed by atoms with Crippen molar-refractivity contribution in [3.63, 3.8) is 0 Å². The average Bonchev–Trinajstić information content (AvgIpc) is 2.69. The summed E-state index contributed by atoms with van der Waals surface area (Å²) in [6.45, 7) is 7.85. The summed E-state index contributed by atoms with van der Waals surface area (Å²) in [7, 11) is 3.96. The van der Waals surface area contributed by atoms with E-state index in [-0.39, 0.29) is 19.0 Å². The zero-order valence-corrected chi connectivity index (χ0v) is 19.9. The van der Waals surface area contributed by atoms with Crippen LogP contribution >= 0.6 is 0 Å². The number of carbonyl (C=O) groups is 2. The van der Waals surface area contributed by atoms with Gasteiger partial charge in [0.1, 0.15) is 5.60 Å². The molecule has 176 valence electrons. The topological polar surface area (TPSA) is 94.1 Å². The summed E-state index contributed by atoms with van der Waals surface area (Å²) in [5.41, 5.74) is 6.26. The van der Waals surface area contributed by atoms with Crippen LogP contribution in [-0.4, -0.2) is 55.0 Å². The second-order valence-corrected chi connectivity index (χ2v) is 8.97. The highest BCUT2D eigenvalue weighted by atomic mass is 16.6. The number of hydrogen-bond donors (Lipinski definition) is 3. The molecule has 0 fully saturated rings. The molecule has 1 aromatic rings. The summed E-state index contributed by atoms with van der Waals surface area (Å²) in [6.07, 6.45) is 3.51. The van der Waals surface area contributed by atoms with Crippen LogP contribution in [0, 0.1) is 5.92 Å². The Bertz CT molecular complexity index is 671. The number of anilines is 1. The van der Waals surface area contributed by atoms with E-state index < -0.39 is 17.6 Å². The summed E-state index contributed by atoms with van der Waals surface area (Å²) in [6, 6.07) is 8.05. The average molecular weight is 437 g/mol. The largest absolute Gasteiger partial charge is 0.442 e. The highest BCUT2D eigenvalue weighted by molar-refractivity contribution is 5.81. The first kappa shape index (κ1) is 26.7. The first-order valence-corrected chi connectivity index (χ1v) is 11.0. The van der Waals surface area contributed by atoms with Gasteiger partial charge in [0, 0.05) is 32.9 Å². The van der Waals surface area contributed by atoms with Gasteiger partial charge in [-0.2, -0.15) is 0 Å². The van der Waals surface area contributed by atoms with E-state index in [4.69, 9.17) is 9.94 Å². The summed E-state index contributed by atoms with van der Waals surface area (Å²) in [4.78, 5) is 27.6. The van der Waals surface area contributed by atoms with Crippen LogP contribution in [0.3, 0.4) is 0 Å². The number of amides is 2. The lowest BCUT2D eigenvalue weighted by Crippen LogP contribution is -2.51. The molecule has 8 heteroatoms. The van der Waals surface area contributed by atoms with Crippen LogP contribution in [0.4, 0.5) is 10.5 Å². The number of nitrogens with one attached hydrogen (secondary N) is 2. The Kier molecular flexibility index (Phi) is 11.3. The number of benzene rings is 1. The molecular weight excluding hydrogens is 396 g/mol. The van der Waals surface area contributed by atoms with Crippen molar-refractivity contribution in [3.05, 3.63) is 29.8 Å². The van der Waals surface area contributed by atoms with Gasteiger partial charge in [-0.15, -0.1) is 0 Å². The van der Waals surface area contributed by atoms with Gasteiger partial charge in [-0.1, -0.05) is 38.3 Å². The smallest absolute Gasteiger partial charge is 0.429 e. The van der Waals surface area contributed by atoms with E-state index in [1.165, 1.54) is 5.01 Å². The second kappa shape index (κ2) is 13.2. The summed E-state index contributed by atoms with van der Waals surface area (Å²) >= 11 is 0. The van der Waals surface area contributed by atoms with E-state index in [9.17, 15) is 9.59 Å². The monoisotopic (exact) mass is 436 g/mol. The minimum atomic E-state index is -0.680. The standard InChI is InChI=1S/C23H40N4O4/c1-7-8-9-10-19(17-24-30)21(28)25-27(22(29)31-23(2,3)4)16-15-18-11-13-20(14-12-18)26(5)6/h11-14,19,24,30H,7-10,15-17H2,1-6H3,(H,25,28). The van der Waals surface area contributed by atoms with Gasteiger partial charge in [0.05, 0.1) is 5.92 Å². The third-order valence-corrected chi connectivity index (χ3v) is 4.80.